The van der Waals surface area contributed by atoms with Crippen LogP contribution < -0.4 is 9.80 Å². The van der Waals surface area contributed by atoms with Crippen molar-refractivity contribution in [2.75, 3.05) is 9.80 Å². The zero-order valence-electron chi connectivity index (χ0n) is 30.7. The Morgan fingerprint density at radius 2 is 0.630 bits per heavy atom. The highest BCUT2D eigenvalue weighted by Crippen LogP contribution is 2.44. The van der Waals surface area contributed by atoms with Crippen LogP contribution in [0.25, 0.3) is 54.6 Å². The summed E-state index contributed by atoms with van der Waals surface area (Å²) in [5, 5.41) is 6.57. The van der Waals surface area contributed by atoms with Crippen molar-refractivity contribution < 1.29 is 8.83 Å². The maximum absolute atomic E-state index is 6.52. The Bertz CT molecular complexity index is 2780. The topological polar surface area (TPSA) is 32.8 Å². The number of benzene rings is 8. The molecule has 2 heterocycles. The molecular weight excluding hydrogens is 661 g/mol. The molecule has 54 heavy (non-hydrogen) atoms. The number of hydrogen-bond donors (Lipinski definition) is 0. The fourth-order valence-corrected chi connectivity index (χ4v) is 8.12. The predicted octanol–water partition coefficient (Wildman–Crippen LogP) is 14.8. The van der Waals surface area contributed by atoms with Crippen LogP contribution in [0.2, 0.25) is 0 Å². The van der Waals surface area contributed by atoms with Crippen molar-refractivity contribution in [2.24, 2.45) is 0 Å². The van der Waals surface area contributed by atoms with E-state index < -0.39 is 0 Å². The van der Waals surface area contributed by atoms with E-state index in [1.807, 2.05) is 0 Å². The third kappa shape index (κ3) is 5.14. The number of fused-ring (bicyclic) bond motifs is 7. The maximum Gasteiger partial charge on any atom is 0.136 e. The van der Waals surface area contributed by atoms with E-state index in [0.29, 0.717) is 0 Å². The van der Waals surface area contributed by atoms with E-state index >= 15 is 0 Å². The minimum atomic E-state index is 0.859. The van der Waals surface area contributed by atoms with E-state index in [4.69, 9.17) is 8.83 Å². The van der Waals surface area contributed by atoms with Crippen LogP contribution in [0.15, 0.2) is 167 Å². The maximum atomic E-state index is 6.52. The molecular formula is C50H38N2O2. The van der Waals surface area contributed by atoms with Gasteiger partial charge in [0.2, 0.25) is 0 Å². The van der Waals surface area contributed by atoms with Crippen LogP contribution in [0.3, 0.4) is 0 Å². The van der Waals surface area contributed by atoms with Crippen molar-refractivity contribution >= 4 is 88.8 Å². The van der Waals surface area contributed by atoms with Crippen LogP contribution in [0, 0.1) is 27.7 Å². The SMILES string of the molecule is Cc1ccccc1N(c1ccc2oc3cc4cc5oc6ccc(N(c7ccccc7C)c7ccccc7C)cc6c5cc4cc3c2c1)c1ccccc1C. The number of aryl methyl sites for hydroxylation is 4. The molecule has 0 saturated carbocycles. The first-order chi connectivity index (χ1) is 26.4. The van der Waals surface area contributed by atoms with Gasteiger partial charge in [-0.3, -0.25) is 0 Å². The molecule has 260 valence electrons. The summed E-state index contributed by atoms with van der Waals surface area (Å²) in [6.45, 7) is 8.69. The third-order valence-corrected chi connectivity index (χ3v) is 10.9. The Balaban J connectivity index is 1.14. The first kappa shape index (κ1) is 31.9. The lowest BCUT2D eigenvalue weighted by Gasteiger charge is -2.28. The van der Waals surface area contributed by atoms with Gasteiger partial charge < -0.3 is 18.6 Å². The van der Waals surface area contributed by atoms with Crippen molar-refractivity contribution in [2.45, 2.75) is 27.7 Å². The van der Waals surface area contributed by atoms with Gasteiger partial charge in [-0.2, -0.15) is 0 Å². The van der Waals surface area contributed by atoms with Gasteiger partial charge in [0.25, 0.3) is 0 Å². The minimum Gasteiger partial charge on any atom is -0.456 e. The second-order valence-electron chi connectivity index (χ2n) is 14.4. The Kier molecular flexibility index (Phi) is 7.34. The summed E-state index contributed by atoms with van der Waals surface area (Å²) in [6.07, 6.45) is 0. The van der Waals surface area contributed by atoms with Gasteiger partial charge >= 0.3 is 0 Å². The molecule has 0 aliphatic heterocycles. The fourth-order valence-electron chi connectivity index (χ4n) is 8.12. The number of nitrogens with zero attached hydrogens (tertiary/aromatic N) is 2. The van der Waals surface area contributed by atoms with Gasteiger partial charge in [-0.25, -0.2) is 0 Å². The standard InChI is InChI=1S/C50H38N2O2/c1-31-13-5-9-17-43(31)51(44-18-10-6-14-32(44)2)37-21-23-47-41(29-37)39-25-35-26-40-42-30-38(22-24-48(42)54-50(40)28-36(35)27-49(39)53-47)52(45-19-11-7-15-33(45)3)46-20-12-8-16-34(46)4/h5-30H,1-4H3. The van der Waals surface area contributed by atoms with Crippen LogP contribution in [-0.4, -0.2) is 0 Å². The molecule has 4 nitrogen and oxygen atoms in total. The van der Waals surface area contributed by atoms with E-state index in [0.717, 1.165) is 88.8 Å². The van der Waals surface area contributed by atoms with E-state index in [2.05, 4.69) is 195 Å². The molecule has 0 fully saturated rings. The Morgan fingerprint density at radius 1 is 0.315 bits per heavy atom. The predicted molar refractivity (Wildman–Crippen MR) is 227 cm³/mol. The quantitative estimate of drug-likeness (QED) is 0.173. The van der Waals surface area contributed by atoms with Gasteiger partial charge in [0.05, 0.1) is 0 Å². The van der Waals surface area contributed by atoms with Crippen molar-refractivity contribution in [3.8, 4) is 0 Å². The number of para-hydroxylation sites is 4. The second-order valence-corrected chi connectivity index (χ2v) is 14.4. The molecule has 0 amide bonds. The summed E-state index contributed by atoms with van der Waals surface area (Å²) in [6, 6.07) is 56.2. The smallest absolute Gasteiger partial charge is 0.136 e. The van der Waals surface area contributed by atoms with Gasteiger partial charge in [-0.15, -0.1) is 0 Å². The first-order valence-corrected chi connectivity index (χ1v) is 18.5. The van der Waals surface area contributed by atoms with E-state index in [1.54, 1.807) is 0 Å². The van der Waals surface area contributed by atoms with Crippen LogP contribution in [-0.2, 0) is 0 Å². The molecule has 0 atom stereocenters. The van der Waals surface area contributed by atoms with Crippen molar-refractivity contribution in [1.82, 2.24) is 0 Å². The van der Waals surface area contributed by atoms with Crippen molar-refractivity contribution in [3.05, 3.63) is 180 Å². The Morgan fingerprint density at radius 3 is 0.981 bits per heavy atom. The molecule has 8 aromatic carbocycles. The van der Waals surface area contributed by atoms with Crippen LogP contribution >= 0.6 is 0 Å². The summed E-state index contributed by atoms with van der Waals surface area (Å²) < 4.78 is 13.0. The van der Waals surface area contributed by atoms with Crippen LogP contribution in [0.5, 0.6) is 0 Å². The first-order valence-electron chi connectivity index (χ1n) is 18.5. The lowest BCUT2D eigenvalue weighted by Crippen LogP contribution is -2.12. The highest BCUT2D eigenvalue weighted by Gasteiger charge is 2.21. The largest absolute Gasteiger partial charge is 0.456 e. The molecule has 4 heteroatoms. The molecule has 0 aliphatic carbocycles. The van der Waals surface area contributed by atoms with E-state index in [1.165, 1.54) is 22.3 Å². The van der Waals surface area contributed by atoms with Crippen LogP contribution in [0.4, 0.5) is 34.1 Å². The van der Waals surface area contributed by atoms with E-state index in [9.17, 15) is 0 Å². The Labute approximate surface area is 314 Å². The summed E-state index contributed by atoms with van der Waals surface area (Å²) in [7, 11) is 0. The summed E-state index contributed by atoms with van der Waals surface area (Å²) in [5.74, 6) is 0. The number of hydrogen-bond acceptors (Lipinski definition) is 4. The second kappa shape index (κ2) is 12.4. The monoisotopic (exact) mass is 698 g/mol. The molecule has 0 spiro atoms. The molecule has 0 unspecified atom stereocenters. The fraction of sp³-hybridized carbons (Fsp3) is 0.0800. The van der Waals surface area contributed by atoms with Crippen molar-refractivity contribution in [1.29, 1.82) is 0 Å². The van der Waals surface area contributed by atoms with Gasteiger partial charge in [0, 0.05) is 55.7 Å². The number of furan rings is 2. The lowest BCUT2D eigenvalue weighted by atomic mass is 10.0. The lowest BCUT2D eigenvalue weighted by molar-refractivity contribution is 0.668. The molecule has 0 aliphatic rings. The summed E-state index contributed by atoms with van der Waals surface area (Å²) in [5.41, 5.74) is 15.1. The third-order valence-electron chi connectivity index (χ3n) is 10.9. The van der Waals surface area contributed by atoms with Gasteiger partial charge in [0.1, 0.15) is 22.3 Å². The molecule has 0 saturated heterocycles. The highest BCUT2D eigenvalue weighted by atomic mass is 16.3. The van der Waals surface area contributed by atoms with Crippen LogP contribution in [0.1, 0.15) is 22.3 Å². The van der Waals surface area contributed by atoms with Crippen molar-refractivity contribution in [3.63, 3.8) is 0 Å². The zero-order valence-corrected chi connectivity index (χ0v) is 30.7. The van der Waals surface area contributed by atoms with Gasteiger partial charge in [0.15, 0.2) is 0 Å². The molecule has 10 aromatic rings. The minimum absolute atomic E-state index is 0.859. The average molecular weight is 699 g/mol. The molecule has 10 rings (SSSR count). The molecule has 0 bridgehead atoms. The number of rotatable bonds is 6. The average Bonchev–Trinajstić information content (AvgIpc) is 3.72. The zero-order chi connectivity index (χ0) is 36.5. The normalized spacial score (nSPS) is 11.7. The molecule has 0 radical (unpaired) electrons. The molecule has 2 aromatic heterocycles. The summed E-state index contributed by atoms with van der Waals surface area (Å²) >= 11 is 0. The van der Waals surface area contributed by atoms with Gasteiger partial charge in [-0.1, -0.05) is 72.8 Å². The number of anilines is 6. The van der Waals surface area contributed by atoms with E-state index in [-0.39, 0.29) is 0 Å². The Hall–Kier alpha value is -6.78. The summed E-state index contributed by atoms with van der Waals surface area (Å²) in [4.78, 5) is 4.72. The highest BCUT2D eigenvalue weighted by molar-refractivity contribution is 6.16. The molecule has 0 N–H and O–H groups in total. The van der Waals surface area contributed by atoms with Gasteiger partial charge in [-0.05, 0) is 146 Å².